The smallest absolute Gasteiger partial charge is 0.338 e. The van der Waals surface area contributed by atoms with Crippen molar-refractivity contribution in [1.82, 2.24) is 29.5 Å². The van der Waals surface area contributed by atoms with Gasteiger partial charge in [-0.25, -0.2) is 13.8 Å². The molecule has 1 aromatic carbocycles. The highest BCUT2D eigenvalue weighted by molar-refractivity contribution is 6.34. The molecule has 6 rings (SSSR count). The zero-order valence-electron chi connectivity index (χ0n) is 21.0. The number of carbonyl (C=O) groups excluding carboxylic acids is 2. The van der Waals surface area contributed by atoms with Gasteiger partial charge in [0.2, 0.25) is 0 Å². The molecule has 0 spiro atoms. The number of carbonyl (C=O) groups is 2. The number of anilines is 1. The summed E-state index contributed by atoms with van der Waals surface area (Å²) in [4.78, 5) is 31.7. The van der Waals surface area contributed by atoms with Crippen molar-refractivity contribution in [2.24, 2.45) is 18.9 Å². The predicted octanol–water partition coefficient (Wildman–Crippen LogP) is 4.08. The highest BCUT2D eigenvalue weighted by Crippen LogP contribution is 2.53. The van der Waals surface area contributed by atoms with Crippen molar-refractivity contribution in [3.63, 3.8) is 0 Å². The van der Waals surface area contributed by atoms with Gasteiger partial charge in [-0.2, -0.15) is 18.3 Å². The van der Waals surface area contributed by atoms with Crippen molar-refractivity contribution in [3.05, 3.63) is 52.7 Å². The van der Waals surface area contributed by atoms with Crippen LogP contribution in [0.3, 0.4) is 0 Å². The van der Waals surface area contributed by atoms with Gasteiger partial charge < -0.3 is 20.1 Å². The number of likely N-dealkylation sites (tertiary alicyclic amines) is 1. The number of nitrogens with one attached hydrogen (secondary N) is 2. The van der Waals surface area contributed by atoms with E-state index in [9.17, 15) is 31.5 Å². The summed E-state index contributed by atoms with van der Waals surface area (Å²) in [6, 6.07) is 2.96. The molecule has 0 bridgehead atoms. The minimum absolute atomic E-state index is 0.128. The lowest BCUT2D eigenvalue weighted by Crippen LogP contribution is -2.32. The number of halogens is 6. The average Bonchev–Trinajstić information content (AvgIpc) is 3.42. The van der Waals surface area contributed by atoms with E-state index in [4.69, 9.17) is 11.6 Å². The summed E-state index contributed by atoms with van der Waals surface area (Å²) < 4.78 is 69.8. The normalized spacial score (nSPS) is 23.4. The molecular formula is C25H23ClF5N7O2. The van der Waals surface area contributed by atoms with Gasteiger partial charge in [-0.15, -0.1) is 0 Å². The number of rotatable bonds is 5. The Morgan fingerprint density at radius 2 is 1.85 bits per heavy atom. The lowest BCUT2D eigenvalue weighted by atomic mass is 10.0. The van der Waals surface area contributed by atoms with Gasteiger partial charge in [-0.05, 0) is 30.0 Å². The topological polar surface area (TPSA) is 97.1 Å². The Balaban J connectivity index is 1.20. The van der Waals surface area contributed by atoms with Gasteiger partial charge in [0.1, 0.15) is 6.04 Å². The Kier molecular flexibility index (Phi) is 6.18. The Labute approximate surface area is 229 Å². The van der Waals surface area contributed by atoms with Gasteiger partial charge in [-0.3, -0.25) is 14.3 Å². The first-order valence-electron chi connectivity index (χ1n) is 12.5. The minimum Gasteiger partial charge on any atom is -0.338 e. The van der Waals surface area contributed by atoms with Crippen molar-refractivity contribution < 1.29 is 31.5 Å². The average molecular weight is 584 g/mol. The predicted molar refractivity (Wildman–Crippen MR) is 133 cm³/mol. The molecule has 15 heteroatoms. The molecule has 0 radical (unpaired) electrons. The number of nitrogens with zero attached hydrogens (tertiary/aromatic N) is 5. The fraction of sp³-hybridized carbons (Fsp3) is 0.440. The third kappa shape index (κ3) is 4.62. The molecule has 2 saturated heterocycles. The first-order valence-corrected chi connectivity index (χ1v) is 12.9. The number of fused-ring (bicyclic) bond motifs is 1. The number of benzene rings is 1. The molecule has 2 aliphatic heterocycles. The third-order valence-corrected chi connectivity index (χ3v) is 8.03. The molecule has 1 unspecified atom stereocenters. The first kappa shape index (κ1) is 26.7. The zero-order valence-corrected chi connectivity index (χ0v) is 21.7. The van der Waals surface area contributed by atoms with E-state index in [2.05, 4.69) is 20.7 Å². The quantitative estimate of drug-likeness (QED) is 0.441. The number of hydrogen-bond donors (Lipinski definition) is 2. The van der Waals surface area contributed by atoms with Gasteiger partial charge in [0.15, 0.2) is 11.5 Å². The molecule has 3 atom stereocenters. The molecule has 212 valence electrons. The monoisotopic (exact) mass is 583 g/mol. The van der Waals surface area contributed by atoms with Crippen LogP contribution in [0.25, 0.3) is 11.3 Å². The Bertz CT molecular complexity index is 1510. The van der Waals surface area contributed by atoms with E-state index in [1.165, 1.54) is 25.2 Å². The van der Waals surface area contributed by atoms with Crippen LogP contribution in [0.4, 0.5) is 27.6 Å². The van der Waals surface area contributed by atoms with Gasteiger partial charge in [0.25, 0.3) is 17.7 Å². The molecule has 1 saturated carbocycles. The van der Waals surface area contributed by atoms with Crippen LogP contribution in [0, 0.1) is 11.8 Å². The summed E-state index contributed by atoms with van der Waals surface area (Å²) in [7, 11) is 1.33. The van der Waals surface area contributed by atoms with Crippen molar-refractivity contribution in [3.8, 4) is 11.3 Å². The summed E-state index contributed by atoms with van der Waals surface area (Å²) in [5.41, 5.74) is -1.41. The van der Waals surface area contributed by atoms with Crippen LogP contribution >= 0.6 is 11.6 Å². The zero-order chi connectivity index (χ0) is 28.6. The Hall–Kier alpha value is -3.52. The lowest BCUT2D eigenvalue weighted by Gasteiger charge is -2.18. The summed E-state index contributed by atoms with van der Waals surface area (Å²) >= 11 is 6.38. The van der Waals surface area contributed by atoms with Crippen molar-refractivity contribution in [1.29, 1.82) is 0 Å². The van der Waals surface area contributed by atoms with Crippen LogP contribution in [-0.2, 0) is 13.2 Å². The second-order valence-corrected chi connectivity index (χ2v) is 10.8. The van der Waals surface area contributed by atoms with E-state index in [1.807, 2.05) is 0 Å². The number of alkyl halides is 5. The Morgan fingerprint density at radius 1 is 1.18 bits per heavy atom. The largest absolute Gasteiger partial charge is 0.435 e. The van der Waals surface area contributed by atoms with Crippen molar-refractivity contribution >= 4 is 29.1 Å². The van der Waals surface area contributed by atoms with E-state index < -0.39 is 41.7 Å². The van der Waals surface area contributed by atoms with E-state index >= 15 is 0 Å². The number of aromatic nitrogens is 4. The summed E-state index contributed by atoms with van der Waals surface area (Å²) in [6.07, 6.45) is -3.58. The van der Waals surface area contributed by atoms with Crippen LogP contribution < -0.4 is 10.6 Å². The SMILES string of the molecule is Cn1c(-c2cn(C3CC3(F)F)nc2C(F)(F)F)cnc1C(=O)Nc1ccc(C(=O)N2C[C@H]3CNC[C@H]3C2)c(Cl)c1. The van der Waals surface area contributed by atoms with E-state index in [-0.39, 0.29) is 28.1 Å². The standard InChI is InChI=1S/C25H23ClF5N7O2/c1-36-18(16-11-38(19-5-24(19,27)28)35-20(16)25(29,30)31)8-33-21(36)22(39)34-14-2-3-15(17(26)4-14)23(40)37-9-12-6-32-7-13(12)10-37/h2-4,8,11-13,19,32H,5-7,9-10H2,1H3,(H,34,39)/t12-,13+,19?. The molecule has 2 amide bonds. The van der Waals surface area contributed by atoms with E-state index in [0.717, 1.165) is 30.1 Å². The van der Waals surface area contributed by atoms with E-state index in [1.54, 1.807) is 4.90 Å². The molecule has 3 aliphatic rings. The molecular weight excluding hydrogens is 561 g/mol. The molecule has 9 nitrogen and oxygen atoms in total. The maximum atomic E-state index is 13.7. The molecule has 4 heterocycles. The van der Waals surface area contributed by atoms with Crippen LogP contribution in [0.15, 0.2) is 30.6 Å². The van der Waals surface area contributed by atoms with Crippen molar-refractivity contribution in [2.75, 3.05) is 31.5 Å². The molecule has 3 fully saturated rings. The number of imidazole rings is 1. The summed E-state index contributed by atoms with van der Waals surface area (Å²) in [5.74, 6) is -3.48. The first-order chi connectivity index (χ1) is 18.8. The second kappa shape index (κ2) is 9.26. The van der Waals surface area contributed by atoms with Crippen LogP contribution in [0.1, 0.15) is 39.1 Å². The third-order valence-electron chi connectivity index (χ3n) is 7.71. The van der Waals surface area contributed by atoms with Crippen molar-refractivity contribution in [2.45, 2.75) is 24.6 Å². The number of amides is 2. The highest BCUT2D eigenvalue weighted by atomic mass is 35.5. The van der Waals surface area contributed by atoms with Gasteiger partial charge in [0, 0.05) is 51.5 Å². The number of hydrogen-bond acceptors (Lipinski definition) is 5. The molecule has 2 aromatic heterocycles. The van der Waals surface area contributed by atoms with E-state index in [0.29, 0.717) is 35.2 Å². The maximum Gasteiger partial charge on any atom is 0.435 e. The van der Waals surface area contributed by atoms with Crippen LogP contribution in [0.2, 0.25) is 5.02 Å². The summed E-state index contributed by atoms with van der Waals surface area (Å²) in [5, 5.41) is 9.41. The minimum atomic E-state index is -4.92. The van der Waals surface area contributed by atoms with Gasteiger partial charge >= 0.3 is 6.18 Å². The van der Waals surface area contributed by atoms with Gasteiger partial charge in [0.05, 0.1) is 28.0 Å². The molecule has 40 heavy (non-hydrogen) atoms. The highest BCUT2D eigenvalue weighted by Gasteiger charge is 2.59. The molecule has 1 aliphatic carbocycles. The summed E-state index contributed by atoms with van der Waals surface area (Å²) in [6.45, 7) is 3.03. The van der Waals surface area contributed by atoms with Crippen LogP contribution in [0.5, 0.6) is 0 Å². The van der Waals surface area contributed by atoms with Crippen LogP contribution in [-0.4, -0.2) is 68.1 Å². The fourth-order valence-corrected chi connectivity index (χ4v) is 5.71. The Morgan fingerprint density at radius 3 is 2.45 bits per heavy atom. The fourth-order valence-electron chi connectivity index (χ4n) is 5.45. The lowest BCUT2D eigenvalue weighted by molar-refractivity contribution is -0.141. The molecule has 3 aromatic rings. The van der Waals surface area contributed by atoms with Gasteiger partial charge in [-0.1, -0.05) is 11.6 Å². The maximum absolute atomic E-state index is 13.7. The second-order valence-electron chi connectivity index (χ2n) is 10.4. The molecule has 2 N–H and O–H groups in total.